The summed E-state index contributed by atoms with van der Waals surface area (Å²) in [5, 5.41) is 0. The number of hydrogen-bond donors (Lipinski definition) is 0. The number of rotatable bonds is 2. The van der Waals surface area contributed by atoms with Crippen molar-refractivity contribution in [1.82, 2.24) is 0 Å². The lowest BCUT2D eigenvalue weighted by molar-refractivity contribution is 1.65. The van der Waals surface area contributed by atoms with E-state index in [1.165, 1.54) is 6.08 Å². The summed E-state index contributed by atoms with van der Waals surface area (Å²) in [6.45, 7) is 0. The van der Waals surface area contributed by atoms with Gasteiger partial charge in [0.2, 0.25) is 0 Å². The van der Waals surface area contributed by atoms with Crippen LogP contribution in [0.3, 0.4) is 0 Å². The minimum Gasteiger partial charge on any atom is -0.0622 e. The second kappa shape index (κ2) is 4.43. The molecule has 0 spiro atoms. The summed E-state index contributed by atoms with van der Waals surface area (Å²) in [4.78, 5) is 0. The van der Waals surface area contributed by atoms with E-state index < -0.39 is 18.1 Å². The van der Waals surface area contributed by atoms with Crippen LogP contribution in [0.5, 0.6) is 0 Å². The predicted molar refractivity (Wildman–Crippen MR) is 61.8 cm³/mol. The maximum Gasteiger partial charge on any atom is 0.0629 e. The van der Waals surface area contributed by atoms with Gasteiger partial charge in [-0.25, -0.2) is 0 Å². The SMILES string of the molecule is [2H]/C(=C/c1c([2H])c([2H])c([2H])c([2H])c1[2H])c1ccccc1. The lowest BCUT2D eigenvalue weighted by atomic mass is 10.1. The Morgan fingerprint density at radius 1 is 0.929 bits per heavy atom. The van der Waals surface area contributed by atoms with E-state index in [4.69, 9.17) is 8.22 Å². The topological polar surface area (TPSA) is 0 Å². The van der Waals surface area contributed by atoms with Crippen LogP contribution in [0.2, 0.25) is 0 Å². The third kappa shape index (κ3) is 2.33. The van der Waals surface area contributed by atoms with E-state index in [-0.39, 0.29) is 23.7 Å². The Bertz CT molecular complexity index is 647. The molecule has 0 radical (unpaired) electrons. The Morgan fingerprint density at radius 2 is 1.64 bits per heavy atom. The van der Waals surface area contributed by atoms with E-state index >= 15 is 0 Å². The average Bonchev–Trinajstić information content (AvgIpc) is 2.48. The van der Waals surface area contributed by atoms with Gasteiger partial charge in [0.05, 0.1) is 8.22 Å². The molecule has 2 aromatic carbocycles. The smallest absolute Gasteiger partial charge is 0.0622 e. The van der Waals surface area contributed by atoms with Crippen molar-refractivity contribution >= 4 is 12.1 Å². The Morgan fingerprint density at radius 3 is 2.36 bits per heavy atom. The summed E-state index contributed by atoms with van der Waals surface area (Å²) in [5.74, 6) is 0. The van der Waals surface area contributed by atoms with Crippen molar-refractivity contribution in [2.75, 3.05) is 0 Å². The summed E-state index contributed by atoms with van der Waals surface area (Å²) in [5.41, 5.74) is 0.657. The highest BCUT2D eigenvalue weighted by atomic mass is 13.9. The zero-order valence-corrected chi connectivity index (χ0v) is 7.46. The zero-order valence-electron chi connectivity index (χ0n) is 13.5. The van der Waals surface area contributed by atoms with Crippen molar-refractivity contribution < 1.29 is 8.22 Å². The highest BCUT2D eigenvalue weighted by Crippen LogP contribution is 2.06. The predicted octanol–water partition coefficient (Wildman–Crippen LogP) is 3.86. The number of hydrogen-bond acceptors (Lipinski definition) is 0. The largest absolute Gasteiger partial charge is 0.0629 e. The van der Waals surface area contributed by atoms with Crippen LogP contribution in [0, 0.1) is 0 Å². The molecule has 14 heavy (non-hydrogen) atoms. The molecule has 0 aliphatic rings. The van der Waals surface area contributed by atoms with E-state index in [0.29, 0.717) is 5.56 Å². The highest BCUT2D eigenvalue weighted by molar-refractivity contribution is 5.69. The van der Waals surface area contributed by atoms with E-state index in [9.17, 15) is 0 Å². The van der Waals surface area contributed by atoms with Gasteiger partial charge in [0.1, 0.15) is 0 Å². The second-order valence-corrected chi connectivity index (χ2v) is 2.69. The monoisotopic (exact) mass is 186 g/mol. The Hall–Kier alpha value is -1.82. The van der Waals surface area contributed by atoms with Crippen molar-refractivity contribution in [2.24, 2.45) is 0 Å². The summed E-state index contributed by atoms with van der Waals surface area (Å²) in [6.07, 6.45) is 1.30. The zero-order chi connectivity index (χ0) is 14.9. The van der Waals surface area contributed by atoms with Gasteiger partial charge in [0, 0.05) is 0 Å². The van der Waals surface area contributed by atoms with E-state index in [1.807, 2.05) is 6.07 Å². The van der Waals surface area contributed by atoms with Crippen LogP contribution in [0.25, 0.3) is 12.1 Å². The summed E-state index contributed by atoms with van der Waals surface area (Å²) < 4.78 is 46.2. The molecule has 2 rings (SSSR count). The van der Waals surface area contributed by atoms with Crippen LogP contribution in [0.1, 0.15) is 19.4 Å². The van der Waals surface area contributed by atoms with Gasteiger partial charge in [0.15, 0.2) is 0 Å². The van der Waals surface area contributed by atoms with Gasteiger partial charge in [-0.1, -0.05) is 72.7 Å². The quantitative estimate of drug-likeness (QED) is 0.625. The third-order valence-electron chi connectivity index (χ3n) is 1.68. The molecule has 0 saturated heterocycles. The molecule has 0 amide bonds. The average molecular weight is 186 g/mol. The molecule has 0 nitrogen and oxygen atoms in total. The molecule has 68 valence electrons. The molecule has 0 bridgehead atoms. The minimum absolute atomic E-state index is 0.0323. The van der Waals surface area contributed by atoms with E-state index in [0.717, 1.165) is 0 Å². The van der Waals surface area contributed by atoms with Crippen LogP contribution in [-0.2, 0) is 0 Å². The Labute approximate surface area is 93.0 Å². The van der Waals surface area contributed by atoms with Crippen molar-refractivity contribution in [3.05, 3.63) is 71.7 Å². The van der Waals surface area contributed by atoms with Gasteiger partial charge < -0.3 is 0 Å². The number of benzene rings is 2. The molecule has 0 saturated carbocycles. The molecule has 0 heteroatoms. The van der Waals surface area contributed by atoms with E-state index in [1.54, 1.807) is 24.3 Å². The molecule has 0 N–H and O–H groups in total. The molecular weight excluding hydrogens is 168 g/mol. The Kier molecular flexibility index (Phi) is 1.31. The molecule has 0 atom stereocenters. The van der Waals surface area contributed by atoms with Gasteiger partial charge in [-0.15, -0.1) is 0 Å². The van der Waals surface area contributed by atoms with Crippen molar-refractivity contribution in [3.63, 3.8) is 0 Å². The normalized spacial score (nSPS) is 17.3. The van der Waals surface area contributed by atoms with Crippen LogP contribution in [0.4, 0.5) is 0 Å². The van der Waals surface area contributed by atoms with Crippen molar-refractivity contribution in [3.8, 4) is 0 Å². The summed E-state index contributed by atoms with van der Waals surface area (Å²) in [7, 11) is 0. The molecule has 0 aliphatic carbocycles. The fraction of sp³-hybridized carbons (Fsp3) is 0. The molecule has 0 aliphatic heterocycles. The second-order valence-electron chi connectivity index (χ2n) is 2.69. The van der Waals surface area contributed by atoms with Gasteiger partial charge in [0.25, 0.3) is 0 Å². The maximum atomic E-state index is 7.96. The fourth-order valence-corrected chi connectivity index (χ4v) is 1.02. The summed E-state index contributed by atoms with van der Waals surface area (Å²) in [6, 6.07) is 7.14. The van der Waals surface area contributed by atoms with Crippen molar-refractivity contribution in [1.29, 1.82) is 0 Å². The highest BCUT2D eigenvalue weighted by Gasteiger charge is 1.84. The first-order valence-electron chi connectivity index (χ1n) is 7.24. The first kappa shape index (κ1) is 4.14. The molecular formula is C14H12. The first-order valence-corrected chi connectivity index (χ1v) is 4.24. The van der Waals surface area contributed by atoms with Crippen LogP contribution >= 0.6 is 0 Å². The van der Waals surface area contributed by atoms with Crippen LogP contribution in [0.15, 0.2) is 60.5 Å². The standard InChI is InChI=1S/C14H12/c1-3-7-13(8-4-1)11-12-14-9-5-2-6-10-14/h1-12H/b12-11-/i1D,3D,4D,7D,8D,12D. The maximum absolute atomic E-state index is 7.96. The third-order valence-corrected chi connectivity index (χ3v) is 1.68. The van der Waals surface area contributed by atoms with Crippen LogP contribution < -0.4 is 0 Å². The minimum atomic E-state index is -0.427. The molecule has 2 aromatic rings. The molecule has 0 fully saturated rings. The van der Waals surface area contributed by atoms with Gasteiger partial charge >= 0.3 is 0 Å². The van der Waals surface area contributed by atoms with E-state index in [2.05, 4.69) is 0 Å². The fourth-order valence-electron chi connectivity index (χ4n) is 1.02. The summed E-state index contributed by atoms with van der Waals surface area (Å²) >= 11 is 0. The van der Waals surface area contributed by atoms with Gasteiger partial charge in [-0.05, 0) is 11.1 Å². The molecule has 0 aromatic heterocycles. The molecule has 0 heterocycles. The lowest BCUT2D eigenvalue weighted by Crippen LogP contribution is -1.70. The van der Waals surface area contributed by atoms with Crippen molar-refractivity contribution in [2.45, 2.75) is 0 Å². The van der Waals surface area contributed by atoms with Crippen LogP contribution in [-0.4, -0.2) is 0 Å². The molecule has 0 unspecified atom stereocenters. The Balaban J connectivity index is 2.60. The lowest BCUT2D eigenvalue weighted by Gasteiger charge is -1.92. The van der Waals surface area contributed by atoms with Gasteiger partial charge in [-0.2, -0.15) is 0 Å². The van der Waals surface area contributed by atoms with Gasteiger partial charge in [-0.3, -0.25) is 0 Å². The first-order chi connectivity index (χ1) is 9.43.